The predicted molar refractivity (Wildman–Crippen MR) is 80.7 cm³/mol. The zero-order valence-corrected chi connectivity index (χ0v) is 12.7. The zero-order chi connectivity index (χ0) is 14.3. The normalized spacial score (nSPS) is 11.6. The molecule has 0 fully saturated rings. The lowest BCUT2D eigenvalue weighted by molar-refractivity contribution is 0.0661. The second kappa shape index (κ2) is 5.03. The van der Waals surface area contributed by atoms with Gasteiger partial charge in [0.05, 0.1) is 10.6 Å². The number of thiophene rings is 2. The smallest absolute Gasteiger partial charge is 0.373 e. The van der Waals surface area contributed by atoms with Gasteiger partial charge in [-0.25, -0.2) is 9.78 Å². The number of oxazole rings is 1. The van der Waals surface area contributed by atoms with Crippen LogP contribution in [0, 0.1) is 5.92 Å². The fourth-order valence-electron chi connectivity index (χ4n) is 2.02. The van der Waals surface area contributed by atoms with E-state index in [1.54, 1.807) is 22.7 Å². The van der Waals surface area contributed by atoms with Gasteiger partial charge in [0.15, 0.2) is 0 Å². The number of hydrogen-bond acceptors (Lipinski definition) is 5. The summed E-state index contributed by atoms with van der Waals surface area (Å²) in [7, 11) is 0. The van der Waals surface area contributed by atoms with Crippen LogP contribution in [0.25, 0.3) is 20.2 Å². The SMILES string of the molecule is CC(C)Cc1nc(-c2cc3sccc3s2)oc1C(=O)O. The summed E-state index contributed by atoms with van der Waals surface area (Å²) in [6.45, 7) is 4.06. The van der Waals surface area contributed by atoms with Crippen molar-refractivity contribution in [2.45, 2.75) is 20.3 Å². The van der Waals surface area contributed by atoms with Crippen LogP contribution in [-0.2, 0) is 6.42 Å². The molecule has 6 heteroatoms. The van der Waals surface area contributed by atoms with Gasteiger partial charge >= 0.3 is 5.97 Å². The van der Waals surface area contributed by atoms with Crippen LogP contribution in [0.4, 0.5) is 0 Å². The van der Waals surface area contributed by atoms with Gasteiger partial charge in [-0.3, -0.25) is 0 Å². The molecule has 0 spiro atoms. The van der Waals surface area contributed by atoms with Crippen LogP contribution >= 0.6 is 22.7 Å². The standard InChI is InChI=1S/C14H13NO3S2/c1-7(2)5-8-12(14(16)17)18-13(15-8)11-6-10-9(20-11)3-4-19-10/h3-4,6-7H,5H2,1-2H3,(H,16,17). The van der Waals surface area contributed by atoms with Crippen LogP contribution in [0.5, 0.6) is 0 Å². The lowest BCUT2D eigenvalue weighted by Gasteiger charge is -1.99. The van der Waals surface area contributed by atoms with Crippen LogP contribution in [0.3, 0.4) is 0 Å². The lowest BCUT2D eigenvalue weighted by atomic mass is 10.1. The van der Waals surface area contributed by atoms with Gasteiger partial charge in [0.1, 0.15) is 0 Å². The highest BCUT2D eigenvalue weighted by Crippen LogP contribution is 2.36. The second-order valence-corrected chi connectivity index (χ2v) is 6.99. The summed E-state index contributed by atoms with van der Waals surface area (Å²) in [5.74, 6) is -0.354. The third-order valence-electron chi connectivity index (χ3n) is 2.84. The Morgan fingerprint density at radius 1 is 1.45 bits per heavy atom. The molecule has 0 atom stereocenters. The Bertz CT molecular complexity index is 738. The van der Waals surface area contributed by atoms with Gasteiger partial charge in [-0.2, -0.15) is 0 Å². The molecule has 0 aliphatic carbocycles. The first-order valence-electron chi connectivity index (χ1n) is 6.25. The van der Waals surface area contributed by atoms with Crippen molar-refractivity contribution >= 4 is 38.0 Å². The summed E-state index contributed by atoms with van der Waals surface area (Å²) in [6.07, 6.45) is 0.602. The third kappa shape index (κ3) is 2.36. The second-order valence-electron chi connectivity index (χ2n) is 4.96. The molecule has 0 aliphatic rings. The molecule has 3 heterocycles. The first kappa shape index (κ1) is 13.3. The quantitative estimate of drug-likeness (QED) is 0.770. The zero-order valence-electron chi connectivity index (χ0n) is 11.0. The van der Waals surface area contributed by atoms with Crippen molar-refractivity contribution in [2.75, 3.05) is 0 Å². The van der Waals surface area contributed by atoms with Gasteiger partial charge in [0.2, 0.25) is 11.7 Å². The molecule has 3 aromatic rings. The van der Waals surface area contributed by atoms with Crippen LogP contribution in [0.2, 0.25) is 0 Å². The Hall–Kier alpha value is -1.66. The van der Waals surface area contributed by atoms with Gasteiger partial charge in [-0.05, 0) is 29.9 Å². The topological polar surface area (TPSA) is 63.3 Å². The molecule has 0 aliphatic heterocycles. The average Bonchev–Trinajstić information content (AvgIpc) is 2.98. The molecule has 0 amide bonds. The average molecular weight is 307 g/mol. The molecule has 0 aromatic carbocycles. The molecule has 0 unspecified atom stereocenters. The molecule has 4 nitrogen and oxygen atoms in total. The molecule has 0 bridgehead atoms. The highest BCUT2D eigenvalue weighted by Gasteiger charge is 2.22. The minimum atomic E-state index is -1.06. The maximum absolute atomic E-state index is 11.2. The fraction of sp³-hybridized carbons (Fsp3) is 0.286. The van der Waals surface area contributed by atoms with Gasteiger partial charge in [0.25, 0.3) is 0 Å². The van der Waals surface area contributed by atoms with Crippen molar-refractivity contribution in [3.05, 3.63) is 29.0 Å². The van der Waals surface area contributed by atoms with E-state index in [0.29, 0.717) is 23.9 Å². The van der Waals surface area contributed by atoms with E-state index in [4.69, 9.17) is 4.42 Å². The highest BCUT2D eigenvalue weighted by molar-refractivity contribution is 7.28. The van der Waals surface area contributed by atoms with E-state index in [1.165, 1.54) is 9.40 Å². The Morgan fingerprint density at radius 3 is 2.90 bits per heavy atom. The fourth-order valence-corrected chi connectivity index (χ4v) is 4.06. The van der Waals surface area contributed by atoms with Crippen LogP contribution in [0.15, 0.2) is 21.9 Å². The number of aromatic carboxylic acids is 1. The number of nitrogens with zero attached hydrogens (tertiary/aromatic N) is 1. The molecule has 3 aromatic heterocycles. The Morgan fingerprint density at radius 2 is 2.25 bits per heavy atom. The maximum atomic E-state index is 11.2. The number of carbonyl (C=O) groups is 1. The summed E-state index contributed by atoms with van der Waals surface area (Å²) in [4.78, 5) is 16.5. The Kier molecular flexibility index (Phi) is 3.35. The largest absolute Gasteiger partial charge is 0.475 e. The first-order chi connectivity index (χ1) is 9.54. The first-order valence-corrected chi connectivity index (χ1v) is 7.94. The van der Waals surface area contributed by atoms with E-state index < -0.39 is 5.97 Å². The lowest BCUT2D eigenvalue weighted by Crippen LogP contribution is -2.03. The summed E-state index contributed by atoms with van der Waals surface area (Å²) < 4.78 is 7.81. The summed E-state index contributed by atoms with van der Waals surface area (Å²) in [5, 5.41) is 11.2. The van der Waals surface area contributed by atoms with E-state index in [-0.39, 0.29) is 5.76 Å². The monoisotopic (exact) mass is 307 g/mol. The summed E-state index contributed by atoms with van der Waals surface area (Å²) in [5.41, 5.74) is 0.527. The molecular weight excluding hydrogens is 294 g/mol. The van der Waals surface area contributed by atoms with Gasteiger partial charge in [0, 0.05) is 9.40 Å². The third-order valence-corrected chi connectivity index (χ3v) is 4.92. The molecule has 104 valence electrons. The minimum absolute atomic E-state index is 0.0366. The van der Waals surface area contributed by atoms with Crippen molar-refractivity contribution in [1.82, 2.24) is 4.98 Å². The van der Waals surface area contributed by atoms with Crippen molar-refractivity contribution in [1.29, 1.82) is 0 Å². The number of hydrogen-bond donors (Lipinski definition) is 1. The van der Waals surface area contributed by atoms with Crippen molar-refractivity contribution in [2.24, 2.45) is 5.92 Å². The van der Waals surface area contributed by atoms with E-state index in [2.05, 4.69) is 4.98 Å². The molecule has 3 rings (SSSR count). The van der Waals surface area contributed by atoms with Crippen LogP contribution < -0.4 is 0 Å². The summed E-state index contributed by atoms with van der Waals surface area (Å²) >= 11 is 3.23. The van der Waals surface area contributed by atoms with Crippen molar-refractivity contribution in [3.63, 3.8) is 0 Å². The van der Waals surface area contributed by atoms with E-state index in [9.17, 15) is 9.90 Å². The molecule has 0 radical (unpaired) electrons. The molecule has 0 saturated carbocycles. The number of fused-ring (bicyclic) bond motifs is 1. The Labute approximate surface area is 123 Å². The summed E-state index contributed by atoms with van der Waals surface area (Å²) in [6, 6.07) is 4.05. The minimum Gasteiger partial charge on any atom is -0.475 e. The molecule has 1 N–H and O–H groups in total. The van der Waals surface area contributed by atoms with E-state index in [0.717, 1.165) is 4.88 Å². The highest BCUT2D eigenvalue weighted by atomic mass is 32.1. The predicted octanol–water partition coefficient (Wildman–Crippen LogP) is 4.51. The molecular formula is C14H13NO3S2. The van der Waals surface area contributed by atoms with Gasteiger partial charge < -0.3 is 9.52 Å². The maximum Gasteiger partial charge on any atom is 0.373 e. The van der Waals surface area contributed by atoms with Crippen molar-refractivity contribution < 1.29 is 14.3 Å². The van der Waals surface area contributed by atoms with Crippen molar-refractivity contribution in [3.8, 4) is 10.8 Å². The van der Waals surface area contributed by atoms with E-state index in [1.807, 2.05) is 31.4 Å². The number of carboxylic acids is 1. The number of aromatic nitrogens is 1. The Balaban J connectivity index is 2.05. The van der Waals surface area contributed by atoms with E-state index >= 15 is 0 Å². The van der Waals surface area contributed by atoms with Crippen LogP contribution in [0.1, 0.15) is 30.1 Å². The van der Waals surface area contributed by atoms with Gasteiger partial charge in [-0.15, -0.1) is 22.7 Å². The van der Waals surface area contributed by atoms with Gasteiger partial charge in [-0.1, -0.05) is 13.8 Å². The number of carboxylic acid groups (broad SMARTS) is 1. The van der Waals surface area contributed by atoms with Crippen LogP contribution in [-0.4, -0.2) is 16.1 Å². The molecule has 20 heavy (non-hydrogen) atoms. The number of rotatable bonds is 4. The molecule has 0 saturated heterocycles.